The summed E-state index contributed by atoms with van der Waals surface area (Å²) in [5.74, 6) is -0.649. The highest BCUT2D eigenvalue weighted by Gasteiger charge is 2.24. The van der Waals surface area contributed by atoms with Gasteiger partial charge < -0.3 is 9.84 Å². The van der Waals surface area contributed by atoms with E-state index in [9.17, 15) is 13.2 Å². The van der Waals surface area contributed by atoms with Crippen LogP contribution in [0.4, 0.5) is 0 Å². The second-order valence-corrected chi connectivity index (χ2v) is 5.44. The van der Waals surface area contributed by atoms with Crippen LogP contribution < -0.4 is 4.74 Å². The van der Waals surface area contributed by atoms with Crippen LogP contribution in [-0.4, -0.2) is 44.0 Å². The van der Waals surface area contributed by atoms with Gasteiger partial charge in [0.1, 0.15) is 12.3 Å². The number of carboxylic acid groups (broad SMARTS) is 1. The normalized spacial score (nSPS) is 11.5. The summed E-state index contributed by atoms with van der Waals surface area (Å²) in [5, 5.41) is 8.68. The molecule has 0 aromatic heterocycles. The van der Waals surface area contributed by atoms with E-state index >= 15 is 0 Å². The van der Waals surface area contributed by atoms with Crippen molar-refractivity contribution < 1.29 is 23.1 Å². The van der Waals surface area contributed by atoms with Crippen molar-refractivity contribution in [2.75, 3.05) is 20.2 Å². The van der Waals surface area contributed by atoms with Crippen LogP contribution in [0, 0.1) is 0 Å². The highest BCUT2D eigenvalue weighted by Crippen LogP contribution is 2.19. The van der Waals surface area contributed by atoms with Crippen molar-refractivity contribution in [3.05, 3.63) is 24.3 Å². The summed E-state index contributed by atoms with van der Waals surface area (Å²) in [6.07, 6.45) is 0. The van der Waals surface area contributed by atoms with Crippen LogP contribution in [0.15, 0.2) is 29.2 Å². The molecule has 0 saturated carbocycles. The van der Waals surface area contributed by atoms with E-state index in [0.29, 0.717) is 5.75 Å². The van der Waals surface area contributed by atoms with Gasteiger partial charge in [0.2, 0.25) is 10.0 Å². The Balaban J connectivity index is 3.06. The first-order valence-electron chi connectivity index (χ1n) is 5.27. The van der Waals surface area contributed by atoms with Gasteiger partial charge in [-0.15, -0.1) is 0 Å². The van der Waals surface area contributed by atoms with Crippen LogP contribution in [0.2, 0.25) is 0 Å². The Labute approximate surface area is 106 Å². The number of hydrogen-bond donors (Lipinski definition) is 1. The summed E-state index contributed by atoms with van der Waals surface area (Å²) in [6.45, 7) is 1.13. The van der Waals surface area contributed by atoms with E-state index in [4.69, 9.17) is 9.84 Å². The lowest BCUT2D eigenvalue weighted by Gasteiger charge is -2.18. The lowest BCUT2D eigenvalue weighted by Crippen LogP contribution is -2.35. The first-order chi connectivity index (χ1) is 8.41. The molecule has 18 heavy (non-hydrogen) atoms. The zero-order valence-corrected chi connectivity index (χ0v) is 11.0. The molecular weight excluding hydrogens is 258 g/mol. The van der Waals surface area contributed by atoms with Crippen LogP contribution in [-0.2, 0) is 14.8 Å². The molecule has 0 aliphatic rings. The Hall–Kier alpha value is -1.60. The molecule has 6 nitrogen and oxygen atoms in total. The number of carboxylic acids is 1. The largest absolute Gasteiger partial charge is 0.497 e. The fourth-order valence-corrected chi connectivity index (χ4v) is 2.81. The number of ether oxygens (including phenoxy) is 1. The topological polar surface area (TPSA) is 83.9 Å². The molecular formula is C11H15NO5S. The molecule has 0 spiro atoms. The van der Waals surface area contributed by atoms with E-state index < -0.39 is 22.5 Å². The minimum atomic E-state index is -3.77. The summed E-state index contributed by atoms with van der Waals surface area (Å²) in [4.78, 5) is 10.7. The maximum atomic E-state index is 12.1. The third-order valence-corrected chi connectivity index (χ3v) is 4.30. The summed E-state index contributed by atoms with van der Waals surface area (Å²) >= 11 is 0. The monoisotopic (exact) mass is 273 g/mol. The van der Waals surface area contributed by atoms with Crippen molar-refractivity contribution in [2.45, 2.75) is 11.8 Å². The lowest BCUT2D eigenvalue weighted by molar-refractivity contribution is -0.137. The zero-order chi connectivity index (χ0) is 13.8. The predicted octanol–water partition coefficient (Wildman–Crippen LogP) is 0.790. The second-order valence-electron chi connectivity index (χ2n) is 3.50. The Kier molecular flexibility index (Phi) is 4.69. The van der Waals surface area contributed by atoms with Crippen LogP contribution in [0.3, 0.4) is 0 Å². The van der Waals surface area contributed by atoms with E-state index in [-0.39, 0.29) is 11.4 Å². The van der Waals surface area contributed by atoms with E-state index in [0.717, 1.165) is 4.31 Å². The minimum absolute atomic E-state index is 0.0476. The third-order valence-electron chi connectivity index (χ3n) is 2.36. The molecule has 0 heterocycles. The van der Waals surface area contributed by atoms with Crippen molar-refractivity contribution in [2.24, 2.45) is 0 Å². The molecule has 7 heteroatoms. The molecule has 0 bridgehead atoms. The van der Waals surface area contributed by atoms with Crippen molar-refractivity contribution >= 4 is 16.0 Å². The Morgan fingerprint density at radius 1 is 1.33 bits per heavy atom. The number of sulfonamides is 1. The molecule has 0 unspecified atom stereocenters. The smallest absolute Gasteiger partial charge is 0.318 e. The van der Waals surface area contributed by atoms with Crippen LogP contribution in [0.1, 0.15) is 6.92 Å². The summed E-state index contributed by atoms with van der Waals surface area (Å²) in [5.41, 5.74) is 0. The number of hydrogen-bond acceptors (Lipinski definition) is 4. The Bertz CT molecular complexity index is 509. The number of likely N-dealkylation sites (N-methyl/N-ethyl adjacent to an activating group) is 1. The van der Waals surface area contributed by atoms with Gasteiger partial charge in [0.05, 0.1) is 12.0 Å². The maximum Gasteiger partial charge on any atom is 0.318 e. The Morgan fingerprint density at radius 3 is 2.28 bits per heavy atom. The number of rotatable bonds is 6. The number of nitrogens with zero attached hydrogens (tertiary/aromatic N) is 1. The molecule has 1 rings (SSSR count). The van der Waals surface area contributed by atoms with E-state index in [1.807, 2.05) is 0 Å². The van der Waals surface area contributed by atoms with Gasteiger partial charge in [-0.25, -0.2) is 8.42 Å². The van der Waals surface area contributed by atoms with E-state index in [2.05, 4.69) is 0 Å². The van der Waals surface area contributed by atoms with Gasteiger partial charge in [0.15, 0.2) is 0 Å². The molecule has 0 aliphatic carbocycles. The minimum Gasteiger partial charge on any atom is -0.497 e. The van der Waals surface area contributed by atoms with E-state index in [1.165, 1.54) is 31.4 Å². The van der Waals surface area contributed by atoms with Crippen molar-refractivity contribution in [1.82, 2.24) is 4.31 Å². The molecule has 1 aromatic carbocycles. The van der Waals surface area contributed by atoms with Gasteiger partial charge in [-0.2, -0.15) is 4.31 Å². The van der Waals surface area contributed by atoms with E-state index in [1.54, 1.807) is 6.92 Å². The van der Waals surface area contributed by atoms with Gasteiger partial charge in [-0.3, -0.25) is 4.79 Å². The fourth-order valence-electron chi connectivity index (χ4n) is 1.41. The number of aliphatic carboxylic acids is 1. The molecule has 0 radical (unpaired) electrons. The second kappa shape index (κ2) is 5.83. The average molecular weight is 273 g/mol. The molecule has 1 N–H and O–H groups in total. The molecule has 100 valence electrons. The first-order valence-corrected chi connectivity index (χ1v) is 6.71. The fraction of sp³-hybridized carbons (Fsp3) is 0.364. The highest BCUT2D eigenvalue weighted by molar-refractivity contribution is 7.89. The van der Waals surface area contributed by atoms with Gasteiger partial charge in [-0.05, 0) is 24.3 Å². The number of carbonyl (C=O) groups is 1. The lowest BCUT2D eigenvalue weighted by atomic mass is 10.3. The van der Waals surface area contributed by atoms with Gasteiger partial charge in [0, 0.05) is 6.54 Å². The van der Waals surface area contributed by atoms with Crippen LogP contribution in [0.25, 0.3) is 0 Å². The third kappa shape index (κ3) is 3.21. The molecule has 0 aliphatic heterocycles. The van der Waals surface area contributed by atoms with Gasteiger partial charge >= 0.3 is 5.97 Å². The van der Waals surface area contributed by atoms with Gasteiger partial charge in [-0.1, -0.05) is 6.92 Å². The number of benzene rings is 1. The standard InChI is InChI=1S/C11H15NO5S/c1-3-12(8-11(13)14)18(15,16)10-6-4-9(17-2)5-7-10/h4-7H,3,8H2,1-2H3,(H,13,14). The number of methoxy groups -OCH3 is 1. The molecule has 0 saturated heterocycles. The summed E-state index contributed by atoms with van der Waals surface area (Å²) in [6, 6.07) is 5.81. The summed E-state index contributed by atoms with van der Waals surface area (Å²) in [7, 11) is -2.30. The molecule has 1 aromatic rings. The molecule has 0 atom stereocenters. The predicted molar refractivity (Wildman–Crippen MR) is 65.1 cm³/mol. The van der Waals surface area contributed by atoms with Crippen LogP contribution >= 0.6 is 0 Å². The van der Waals surface area contributed by atoms with Crippen molar-refractivity contribution in [3.8, 4) is 5.75 Å². The molecule has 0 amide bonds. The first kappa shape index (κ1) is 14.5. The van der Waals surface area contributed by atoms with Gasteiger partial charge in [0.25, 0.3) is 0 Å². The summed E-state index contributed by atoms with van der Waals surface area (Å²) < 4.78 is 30.1. The zero-order valence-electron chi connectivity index (χ0n) is 10.2. The van der Waals surface area contributed by atoms with Crippen molar-refractivity contribution in [1.29, 1.82) is 0 Å². The molecule has 0 fully saturated rings. The Morgan fingerprint density at radius 2 is 1.89 bits per heavy atom. The quantitative estimate of drug-likeness (QED) is 0.828. The maximum absolute atomic E-state index is 12.1. The van der Waals surface area contributed by atoms with Crippen LogP contribution in [0.5, 0.6) is 5.75 Å². The highest BCUT2D eigenvalue weighted by atomic mass is 32.2. The SMILES string of the molecule is CCN(CC(=O)O)S(=O)(=O)c1ccc(OC)cc1. The van der Waals surface area contributed by atoms with Crippen molar-refractivity contribution in [3.63, 3.8) is 0 Å². The average Bonchev–Trinajstić information content (AvgIpc) is 2.35.